The molecule has 0 unspecified atom stereocenters. The Bertz CT molecular complexity index is 3010. The Morgan fingerprint density at radius 3 is 1.63 bits per heavy atom. The number of nitrogens with zero attached hydrogens (tertiary/aromatic N) is 4. The second-order valence-electron chi connectivity index (χ2n) is 11.8. The molecular weight excluding hydrogens is 927 g/mol. The largest absolute Gasteiger partial charge is 0.505 e. The molecule has 60 heavy (non-hydrogen) atoms. The first kappa shape index (κ1) is 48.1. The van der Waals surface area contributed by atoms with Crippen LogP contribution in [-0.4, -0.2) is 104 Å². The number of anilines is 1. The molecule has 0 fully saturated rings. The van der Waals surface area contributed by atoms with Gasteiger partial charge >= 0.3 is 20.8 Å². The van der Waals surface area contributed by atoms with Crippen molar-refractivity contribution in [2.24, 2.45) is 20.5 Å². The third-order valence-corrected chi connectivity index (χ3v) is 14.6. The Morgan fingerprint density at radius 1 is 0.633 bits per heavy atom. The molecule has 0 aromatic heterocycles. The maximum atomic E-state index is 13.0. The predicted molar refractivity (Wildman–Crippen MR) is 209 cm³/mol. The zero-order chi connectivity index (χ0) is 44.9. The highest BCUT2D eigenvalue weighted by molar-refractivity contribution is 7.91. The molecule has 5 N–H and O–H groups in total. The summed E-state index contributed by atoms with van der Waals surface area (Å²) in [4.78, 5) is -1.30. The van der Waals surface area contributed by atoms with E-state index in [2.05, 4.69) is 37.2 Å². The maximum Gasteiger partial charge on any atom is 0.399 e. The van der Waals surface area contributed by atoms with Crippen molar-refractivity contribution in [3.63, 3.8) is 0 Å². The number of aromatic hydroxyl groups is 1. The van der Waals surface area contributed by atoms with Crippen LogP contribution < -0.4 is 5.73 Å². The number of hydrogen-bond donors (Lipinski definition) is 4. The number of rotatable bonds is 20. The Kier molecular flexibility index (Phi) is 14.9. The highest BCUT2D eigenvalue weighted by atomic mass is 32.3. The molecular formula is C30H33N5O19S6. The van der Waals surface area contributed by atoms with Gasteiger partial charge in [0.2, 0.25) is 0 Å². The lowest BCUT2D eigenvalue weighted by molar-refractivity contribution is 0.255. The highest BCUT2D eigenvalue weighted by Gasteiger charge is 2.28. The Balaban J connectivity index is 1.75. The van der Waals surface area contributed by atoms with Crippen LogP contribution in [0.25, 0.3) is 10.8 Å². The van der Waals surface area contributed by atoms with Crippen LogP contribution in [0.5, 0.6) is 5.75 Å². The predicted octanol–water partition coefficient (Wildman–Crippen LogP) is 3.35. The molecule has 4 aromatic rings. The van der Waals surface area contributed by atoms with Crippen LogP contribution >= 0.6 is 0 Å². The van der Waals surface area contributed by atoms with Gasteiger partial charge in [0.1, 0.15) is 22.0 Å². The smallest absolute Gasteiger partial charge is 0.399 e. The van der Waals surface area contributed by atoms with Crippen molar-refractivity contribution in [1.82, 2.24) is 0 Å². The minimum atomic E-state index is -4.83. The average molecular weight is 960 g/mol. The lowest BCUT2D eigenvalue weighted by Crippen LogP contribution is -2.16. The normalized spacial score (nSPS) is 13.5. The summed E-state index contributed by atoms with van der Waals surface area (Å²) in [5.41, 5.74) is 4.22. The zero-order valence-electron chi connectivity index (χ0n) is 30.7. The summed E-state index contributed by atoms with van der Waals surface area (Å²) < 4.78 is 180. The summed E-state index contributed by atoms with van der Waals surface area (Å²) in [6.45, 7) is -1.37. The third-order valence-electron chi connectivity index (χ3n) is 7.75. The summed E-state index contributed by atoms with van der Waals surface area (Å²) in [6.07, 6.45) is -0.291. The van der Waals surface area contributed by atoms with Crippen molar-refractivity contribution in [3.05, 3.63) is 66.2 Å². The fraction of sp³-hybridized carbons (Fsp3) is 0.267. The molecule has 0 radical (unpaired) electrons. The Morgan fingerprint density at radius 2 is 1.15 bits per heavy atom. The number of hydrogen-bond acceptors (Lipinski definition) is 22. The van der Waals surface area contributed by atoms with Gasteiger partial charge < -0.3 is 10.8 Å². The van der Waals surface area contributed by atoms with Gasteiger partial charge in [-0.05, 0) is 78.0 Å². The van der Waals surface area contributed by atoms with Gasteiger partial charge in [-0.3, -0.25) is 17.5 Å². The number of nitrogens with two attached hydrogens (primary N) is 1. The van der Waals surface area contributed by atoms with Crippen LogP contribution in [-0.2, 0) is 83.2 Å². The molecule has 24 nitrogen and oxygen atoms in total. The first-order valence-electron chi connectivity index (χ1n) is 16.1. The molecule has 0 saturated heterocycles. The fourth-order valence-electron chi connectivity index (χ4n) is 5.00. The summed E-state index contributed by atoms with van der Waals surface area (Å²) in [6, 6.07) is 11.0. The summed E-state index contributed by atoms with van der Waals surface area (Å²) >= 11 is 0. The van der Waals surface area contributed by atoms with E-state index in [4.69, 9.17) is 10.3 Å². The summed E-state index contributed by atoms with van der Waals surface area (Å²) in [7, 11) is -25.2. The lowest BCUT2D eigenvalue weighted by Gasteiger charge is -2.15. The molecule has 4 aromatic carbocycles. The second-order valence-corrected chi connectivity index (χ2v) is 21.7. The topological polar surface area (TPSA) is 378 Å². The molecule has 0 spiro atoms. The first-order valence-corrected chi connectivity index (χ1v) is 25.1. The molecule has 0 aliphatic heterocycles. The lowest BCUT2D eigenvalue weighted by atomic mass is 10.0. The molecule has 328 valence electrons. The SMILES string of the molecule is COS(=O)(=O)OCCS(=O)(=O)c1ccc(N=Nc2c(S(=O)(=O)OC)cc3cc(CS(=O)(=O)O)c(N=Nc4ccc(S(=O)(=O)CCCOS(=O)(=O)O)cc4)c(N)c3c2O)cc1. The number of sulfone groups is 2. The van der Waals surface area contributed by atoms with Crippen molar-refractivity contribution in [3.8, 4) is 5.75 Å². The van der Waals surface area contributed by atoms with E-state index in [1.54, 1.807) is 0 Å². The molecule has 0 bridgehead atoms. The van der Waals surface area contributed by atoms with Crippen molar-refractivity contribution in [2.75, 3.05) is 44.7 Å². The average Bonchev–Trinajstić information content (AvgIpc) is 3.15. The zero-order valence-corrected chi connectivity index (χ0v) is 35.6. The van der Waals surface area contributed by atoms with E-state index in [1.165, 1.54) is 12.1 Å². The number of azo groups is 2. The van der Waals surface area contributed by atoms with Crippen LogP contribution in [0.2, 0.25) is 0 Å². The van der Waals surface area contributed by atoms with E-state index < -0.39 is 119 Å². The van der Waals surface area contributed by atoms with E-state index in [-0.39, 0.29) is 43.9 Å². The van der Waals surface area contributed by atoms with E-state index >= 15 is 0 Å². The van der Waals surface area contributed by atoms with Gasteiger partial charge in [-0.25, -0.2) is 25.2 Å². The molecule has 0 heterocycles. The van der Waals surface area contributed by atoms with Crippen molar-refractivity contribution < 1.29 is 81.5 Å². The molecule has 30 heteroatoms. The van der Waals surface area contributed by atoms with E-state index in [9.17, 15) is 60.2 Å². The highest BCUT2D eigenvalue weighted by Crippen LogP contribution is 2.48. The van der Waals surface area contributed by atoms with Crippen LogP contribution in [0.3, 0.4) is 0 Å². The Hall–Kier alpha value is -4.60. The Labute approximate surface area is 343 Å². The number of phenolic OH excluding ortho intramolecular Hbond substituents is 1. The minimum absolute atomic E-state index is 0.0209. The fourth-order valence-corrected chi connectivity index (χ4v) is 9.63. The third kappa shape index (κ3) is 12.7. The summed E-state index contributed by atoms with van der Waals surface area (Å²) in [5.74, 6) is -3.40. The molecule has 0 aliphatic rings. The van der Waals surface area contributed by atoms with Crippen LogP contribution in [0.1, 0.15) is 12.0 Å². The first-order chi connectivity index (χ1) is 27.7. The van der Waals surface area contributed by atoms with Crippen molar-refractivity contribution in [1.29, 1.82) is 0 Å². The summed E-state index contributed by atoms with van der Waals surface area (Å²) in [5, 5.41) is 26.6. The number of nitrogen functional groups attached to an aromatic ring is 1. The maximum absolute atomic E-state index is 13.0. The molecule has 0 aliphatic carbocycles. The standard InChI is InChI=1S/C30H33N5O19S6/c1-51-58(44,45)25-17-19-16-20(18-57(41,42)43)28(34-32-21-4-8-23(9-5-21)55(37,38)14-3-12-53-59(46,47)48)27(31)26(19)30(36)29(25)35-33-22-6-10-24(11-7-22)56(39,40)15-13-54-60(49,50)52-2/h4-11,16-17,36H,3,12-15,18,31H2,1-2H3,(H,41,42,43)(H,46,47,48). The number of phenols is 1. The quantitative estimate of drug-likeness (QED) is 0.0324. The minimum Gasteiger partial charge on any atom is -0.505 e. The molecule has 0 atom stereocenters. The van der Waals surface area contributed by atoms with Gasteiger partial charge in [0.25, 0.3) is 20.2 Å². The van der Waals surface area contributed by atoms with Gasteiger partial charge in [0.15, 0.2) is 25.4 Å². The molecule has 0 saturated carbocycles. The monoisotopic (exact) mass is 959 g/mol. The van der Waals surface area contributed by atoms with Crippen molar-refractivity contribution in [2.45, 2.75) is 26.9 Å². The molecule has 4 rings (SSSR count). The van der Waals surface area contributed by atoms with Crippen molar-refractivity contribution >= 4 is 99.9 Å². The van der Waals surface area contributed by atoms with Gasteiger partial charge in [0, 0.05) is 0 Å². The van der Waals surface area contributed by atoms with Gasteiger partial charge in [-0.1, -0.05) is 0 Å². The molecule has 0 amide bonds. The van der Waals surface area contributed by atoms with Crippen LogP contribution in [0.15, 0.2) is 95.8 Å². The van der Waals surface area contributed by atoms with E-state index in [0.29, 0.717) is 0 Å². The van der Waals surface area contributed by atoms with Gasteiger partial charge in [0.05, 0.1) is 71.2 Å². The van der Waals surface area contributed by atoms with E-state index in [0.717, 1.165) is 62.8 Å². The number of fused-ring (bicyclic) bond motifs is 1. The van der Waals surface area contributed by atoms with Crippen LogP contribution in [0.4, 0.5) is 28.4 Å². The second kappa shape index (κ2) is 18.6. The van der Waals surface area contributed by atoms with Gasteiger partial charge in [-0.2, -0.15) is 43.9 Å². The van der Waals surface area contributed by atoms with Crippen LogP contribution in [0, 0.1) is 0 Å². The van der Waals surface area contributed by atoms with E-state index in [1.807, 2.05) is 0 Å². The number of benzene rings is 4. The van der Waals surface area contributed by atoms with Gasteiger partial charge in [-0.15, -0.1) is 10.2 Å².